The van der Waals surface area contributed by atoms with Crippen LogP contribution >= 0.6 is 0 Å². The van der Waals surface area contributed by atoms with Gasteiger partial charge in [-0.15, -0.1) is 0 Å². The average molecular weight is 300 g/mol. The molecule has 0 spiro atoms. The fraction of sp³-hybridized carbons (Fsp3) is 0.368. The van der Waals surface area contributed by atoms with Crippen LogP contribution in [0, 0.1) is 17.7 Å². The summed E-state index contributed by atoms with van der Waals surface area (Å²) in [6.07, 6.45) is 2.87. The van der Waals surface area contributed by atoms with E-state index in [2.05, 4.69) is 0 Å². The summed E-state index contributed by atoms with van der Waals surface area (Å²) in [6, 6.07) is 14.7. The molecule has 22 heavy (non-hydrogen) atoms. The second-order valence-electron chi connectivity index (χ2n) is 6.00. The minimum absolute atomic E-state index is 0.225. The molecule has 1 fully saturated rings. The number of hydrogen-bond donors (Lipinski definition) is 1. The predicted molar refractivity (Wildman–Crippen MR) is 84.2 cm³/mol. The van der Waals surface area contributed by atoms with E-state index >= 15 is 0 Å². The third-order valence-corrected chi connectivity index (χ3v) is 4.35. The number of benzene rings is 2. The molecule has 3 rings (SSSR count). The minimum Gasteiger partial charge on any atom is -0.489 e. The second kappa shape index (κ2) is 6.93. The molecule has 0 aromatic heterocycles. The molecule has 0 radical (unpaired) electrons. The third kappa shape index (κ3) is 3.86. The summed E-state index contributed by atoms with van der Waals surface area (Å²) < 4.78 is 19.4. The zero-order chi connectivity index (χ0) is 15.4. The quantitative estimate of drug-likeness (QED) is 0.838. The van der Waals surface area contributed by atoms with Gasteiger partial charge in [-0.2, -0.15) is 0 Å². The van der Waals surface area contributed by atoms with E-state index in [1.807, 2.05) is 30.3 Å². The summed E-state index contributed by atoms with van der Waals surface area (Å²) in [6.45, 7) is 0.757. The van der Waals surface area contributed by atoms with Crippen molar-refractivity contribution in [2.45, 2.75) is 25.9 Å². The monoisotopic (exact) mass is 300 g/mol. The van der Waals surface area contributed by atoms with Gasteiger partial charge in [0.05, 0.1) is 0 Å². The molecule has 3 heteroatoms. The van der Waals surface area contributed by atoms with Gasteiger partial charge in [-0.25, -0.2) is 4.39 Å². The van der Waals surface area contributed by atoms with Gasteiger partial charge in [-0.05, 0) is 60.4 Å². The number of rotatable bonds is 7. The molecule has 116 valence electrons. The highest BCUT2D eigenvalue weighted by Gasteiger charge is 2.35. The lowest BCUT2D eigenvalue weighted by atomic mass is 10.1. The Labute approximate surface area is 130 Å². The van der Waals surface area contributed by atoms with E-state index < -0.39 is 0 Å². The van der Waals surface area contributed by atoms with E-state index in [-0.39, 0.29) is 12.4 Å². The molecule has 0 amide bonds. The van der Waals surface area contributed by atoms with Crippen molar-refractivity contribution in [2.24, 2.45) is 11.8 Å². The van der Waals surface area contributed by atoms with E-state index in [0.717, 1.165) is 36.1 Å². The zero-order valence-electron chi connectivity index (χ0n) is 12.5. The number of aliphatic hydroxyl groups is 1. The van der Waals surface area contributed by atoms with Crippen LogP contribution in [0.4, 0.5) is 4.39 Å². The molecule has 2 atom stereocenters. The molecule has 2 aromatic carbocycles. The lowest BCUT2D eigenvalue weighted by Crippen LogP contribution is -2.00. The molecule has 1 aliphatic rings. The van der Waals surface area contributed by atoms with E-state index in [9.17, 15) is 4.39 Å². The van der Waals surface area contributed by atoms with Gasteiger partial charge in [-0.3, -0.25) is 0 Å². The molecule has 2 nitrogen and oxygen atoms in total. The Morgan fingerprint density at radius 3 is 2.64 bits per heavy atom. The molecule has 1 N–H and O–H groups in total. The lowest BCUT2D eigenvalue weighted by molar-refractivity contribution is 0.267. The summed E-state index contributed by atoms with van der Waals surface area (Å²) in [4.78, 5) is 0. The Kier molecular flexibility index (Phi) is 4.74. The van der Waals surface area contributed by atoms with Crippen molar-refractivity contribution in [2.75, 3.05) is 6.61 Å². The van der Waals surface area contributed by atoms with E-state index in [0.29, 0.717) is 18.4 Å². The smallest absolute Gasteiger partial charge is 0.123 e. The van der Waals surface area contributed by atoms with Crippen molar-refractivity contribution in [1.29, 1.82) is 0 Å². The molecule has 0 bridgehead atoms. The van der Waals surface area contributed by atoms with Crippen molar-refractivity contribution < 1.29 is 14.2 Å². The molecule has 1 aliphatic carbocycles. The molecule has 0 heterocycles. The van der Waals surface area contributed by atoms with Gasteiger partial charge >= 0.3 is 0 Å². The summed E-state index contributed by atoms with van der Waals surface area (Å²) in [7, 11) is 0. The van der Waals surface area contributed by atoms with E-state index in [1.54, 1.807) is 12.1 Å². The van der Waals surface area contributed by atoms with Crippen LogP contribution in [0.15, 0.2) is 48.5 Å². The summed E-state index contributed by atoms with van der Waals surface area (Å²) in [5, 5.41) is 9.10. The van der Waals surface area contributed by atoms with Crippen LogP contribution in [0.3, 0.4) is 0 Å². The summed E-state index contributed by atoms with van der Waals surface area (Å²) in [5.41, 5.74) is 2.01. The van der Waals surface area contributed by atoms with Gasteiger partial charge in [-0.1, -0.05) is 30.3 Å². The third-order valence-electron chi connectivity index (χ3n) is 4.35. The molecular weight excluding hydrogens is 279 g/mol. The van der Waals surface area contributed by atoms with Crippen molar-refractivity contribution in [3.05, 3.63) is 65.5 Å². The first-order valence-corrected chi connectivity index (χ1v) is 7.82. The number of halogens is 1. The maximum absolute atomic E-state index is 13.5. The molecule has 2 aromatic rings. The Balaban J connectivity index is 1.62. The van der Waals surface area contributed by atoms with Gasteiger partial charge in [0, 0.05) is 6.61 Å². The normalized spacial score (nSPS) is 19.9. The van der Waals surface area contributed by atoms with Crippen LogP contribution in [-0.4, -0.2) is 11.7 Å². The van der Waals surface area contributed by atoms with Crippen molar-refractivity contribution in [3.8, 4) is 5.75 Å². The van der Waals surface area contributed by atoms with E-state index in [1.165, 1.54) is 6.07 Å². The highest BCUT2D eigenvalue weighted by molar-refractivity contribution is 5.34. The molecular formula is C19H21FO2. The number of ether oxygens (including phenoxy) is 1. The van der Waals surface area contributed by atoms with Crippen molar-refractivity contribution in [1.82, 2.24) is 0 Å². The fourth-order valence-corrected chi connectivity index (χ4v) is 2.85. The first kappa shape index (κ1) is 15.0. The lowest BCUT2D eigenvalue weighted by Gasteiger charge is -2.12. The average Bonchev–Trinajstić information content (AvgIpc) is 3.31. The SMILES string of the molecule is OC[C@@H]1C[C@H]1CCc1cc(F)ccc1OCc1ccccc1. The Morgan fingerprint density at radius 2 is 1.91 bits per heavy atom. The maximum Gasteiger partial charge on any atom is 0.123 e. The summed E-state index contributed by atoms with van der Waals surface area (Å²) >= 11 is 0. The highest BCUT2D eigenvalue weighted by atomic mass is 19.1. The largest absolute Gasteiger partial charge is 0.489 e. The predicted octanol–water partition coefficient (Wildman–Crippen LogP) is 3.97. The molecule has 0 aliphatic heterocycles. The van der Waals surface area contributed by atoms with Gasteiger partial charge in [0.1, 0.15) is 18.2 Å². The van der Waals surface area contributed by atoms with Crippen molar-refractivity contribution >= 4 is 0 Å². The van der Waals surface area contributed by atoms with Crippen LogP contribution < -0.4 is 4.74 Å². The molecule has 0 unspecified atom stereocenters. The minimum atomic E-state index is -0.225. The number of aryl methyl sites for hydroxylation is 1. The standard InChI is InChI=1S/C19H21FO2/c20-18-8-9-19(22-13-14-4-2-1-3-5-14)16(11-18)7-6-15-10-17(15)12-21/h1-5,8-9,11,15,17,21H,6-7,10,12-13H2/t15-,17+/m1/s1. The number of hydrogen-bond acceptors (Lipinski definition) is 2. The van der Waals surface area contributed by atoms with E-state index in [4.69, 9.17) is 9.84 Å². The van der Waals surface area contributed by atoms with Crippen LogP contribution in [0.25, 0.3) is 0 Å². The van der Waals surface area contributed by atoms with Crippen molar-refractivity contribution in [3.63, 3.8) is 0 Å². The van der Waals surface area contributed by atoms with Gasteiger partial charge in [0.25, 0.3) is 0 Å². The number of aliphatic hydroxyl groups excluding tert-OH is 1. The van der Waals surface area contributed by atoms with Gasteiger partial charge in [0.2, 0.25) is 0 Å². The zero-order valence-corrected chi connectivity index (χ0v) is 12.5. The maximum atomic E-state index is 13.5. The second-order valence-corrected chi connectivity index (χ2v) is 6.00. The molecule has 0 saturated heterocycles. The van der Waals surface area contributed by atoms with Gasteiger partial charge in [0.15, 0.2) is 0 Å². The van der Waals surface area contributed by atoms with Crippen LogP contribution in [0.5, 0.6) is 5.75 Å². The fourth-order valence-electron chi connectivity index (χ4n) is 2.85. The van der Waals surface area contributed by atoms with Crippen LogP contribution in [0.2, 0.25) is 0 Å². The highest BCUT2D eigenvalue weighted by Crippen LogP contribution is 2.41. The summed E-state index contributed by atoms with van der Waals surface area (Å²) in [5.74, 6) is 1.56. The Morgan fingerprint density at radius 1 is 1.09 bits per heavy atom. The Bertz CT molecular complexity index is 612. The topological polar surface area (TPSA) is 29.5 Å². The first-order valence-electron chi connectivity index (χ1n) is 7.82. The van der Waals surface area contributed by atoms with Crippen LogP contribution in [-0.2, 0) is 13.0 Å². The first-order chi connectivity index (χ1) is 10.8. The Hall–Kier alpha value is -1.87. The molecule has 1 saturated carbocycles. The van der Waals surface area contributed by atoms with Crippen LogP contribution in [0.1, 0.15) is 24.0 Å². The van der Waals surface area contributed by atoms with Gasteiger partial charge < -0.3 is 9.84 Å².